The van der Waals surface area contributed by atoms with Crippen molar-refractivity contribution in [1.29, 1.82) is 0 Å². The number of hydrogen-bond acceptors (Lipinski definition) is 3. The molecular weight excluding hydrogens is 281 g/mol. The first-order valence-electron chi connectivity index (χ1n) is 7.14. The van der Waals surface area contributed by atoms with Crippen LogP contribution in [0.5, 0.6) is 0 Å². The van der Waals surface area contributed by atoms with Gasteiger partial charge in [0, 0.05) is 24.5 Å². The molecule has 2 N–H and O–H groups in total. The van der Waals surface area contributed by atoms with E-state index in [-0.39, 0.29) is 18.3 Å². The van der Waals surface area contributed by atoms with E-state index in [4.69, 9.17) is 0 Å². The van der Waals surface area contributed by atoms with Crippen LogP contribution in [0.4, 0.5) is 4.39 Å². The number of aromatic nitrogens is 1. The van der Waals surface area contributed by atoms with Crippen molar-refractivity contribution in [2.24, 2.45) is 0 Å². The lowest BCUT2D eigenvalue weighted by Crippen LogP contribution is -2.43. The molecule has 0 fully saturated rings. The van der Waals surface area contributed by atoms with Gasteiger partial charge in [0.2, 0.25) is 5.91 Å². The van der Waals surface area contributed by atoms with Gasteiger partial charge in [0.25, 0.3) is 0 Å². The molecule has 0 saturated heterocycles. The van der Waals surface area contributed by atoms with Crippen LogP contribution in [0.1, 0.15) is 25.0 Å². The van der Waals surface area contributed by atoms with Gasteiger partial charge in [-0.1, -0.05) is 18.2 Å². The summed E-state index contributed by atoms with van der Waals surface area (Å²) < 4.78 is 13.3. The zero-order valence-corrected chi connectivity index (χ0v) is 12.8. The van der Waals surface area contributed by atoms with Gasteiger partial charge in [-0.25, -0.2) is 4.39 Å². The summed E-state index contributed by atoms with van der Waals surface area (Å²) in [5.74, 6) is -0.401. The van der Waals surface area contributed by atoms with Crippen LogP contribution in [0.3, 0.4) is 0 Å². The summed E-state index contributed by atoms with van der Waals surface area (Å²) in [4.78, 5) is 15.9. The number of nitrogens with zero attached hydrogens (tertiary/aromatic N) is 1. The molecule has 0 aliphatic rings. The summed E-state index contributed by atoms with van der Waals surface area (Å²) in [5.41, 5.74) is 1.25. The average molecular weight is 301 g/mol. The molecule has 22 heavy (non-hydrogen) atoms. The molecule has 1 amide bonds. The molecule has 0 aliphatic heterocycles. The van der Waals surface area contributed by atoms with Crippen LogP contribution in [0.15, 0.2) is 48.8 Å². The SMILES string of the molecule is CC(C)(NCC(=O)NCc1cccnc1)c1cccc(F)c1. The fraction of sp³-hybridized carbons (Fsp3) is 0.294. The van der Waals surface area contributed by atoms with Gasteiger partial charge in [-0.15, -0.1) is 0 Å². The van der Waals surface area contributed by atoms with Gasteiger partial charge in [-0.3, -0.25) is 15.1 Å². The second-order valence-corrected chi connectivity index (χ2v) is 5.63. The Morgan fingerprint density at radius 1 is 1.27 bits per heavy atom. The van der Waals surface area contributed by atoms with Crippen molar-refractivity contribution in [3.8, 4) is 0 Å². The van der Waals surface area contributed by atoms with Crippen LogP contribution in [0.2, 0.25) is 0 Å². The van der Waals surface area contributed by atoms with Gasteiger partial charge in [-0.05, 0) is 43.2 Å². The number of carbonyl (C=O) groups excluding carboxylic acids is 1. The molecule has 0 spiro atoms. The molecular formula is C17H20FN3O. The summed E-state index contributed by atoms with van der Waals surface area (Å²) >= 11 is 0. The second kappa shape index (κ2) is 7.13. The van der Waals surface area contributed by atoms with E-state index < -0.39 is 5.54 Å². The lowest BCUT2D eigenvalue weighted by atomic mass is 9.94. The molecule has 1 heterocycles. The zero-order chi connectivity index (χ0) is 16.0. The van der Waals surface area contributed by atoms with Gasteiger partial charge < -0.3 is 5.32 Å². The molecule has 0 atom stereocenters. The Bertz CT molecular complexity index is 629. The van der Waals surface area contributed by atoms with Crippen molar-refractivity contribution in [3.63, 3.8) is 0 Å². The van der Waals surface area contributed by atoms with Crippen molar-refractivity contribution >= 4 is 5.91 Å². The summed E-state index contributed by atoms with van der Waals surface area (Å²) in [5, 5.41) is 5.96. The third-order valence-electron chi connectivity index (χ3n) is 3.45. The molecule has 0 saturated carbocycles. The first-order chi connectivity index (χ1) is 10.5. The number of rotatable bonds is 6. The first kappa shape index (κ1) is 16.1. The quantitative estimate of drug-likeness (QED) is 0.861. The van der Waals surface area contributed by atoms with Gasteiger partial charge in [0.05, 0.1) is 6.54 Å². The largest absolute Gasteiger partial charge is 0.351 e. The first-order valence-corrected chi connectivity index (χ1v) is 7.14. The molecule has 116 valence electrons. The smallest absolute Gasteiger partial charge is 0.234 e. The lowest BCUT2D eigenvalue weighted by molar-refractivity contribution is -0.120. The van der Waals surface area contributed by atoms with E-state index in [1.165, 1.54) is 12.1 Å². The van der Waals surface area contributed by atoms with Crippen LogP contribution in [0.25, 0.3) is 0 Å². The molecule has 2 rings (SSSR count). The van der Waals surface area contributed by atoms with E-state index in [0.29, 0.717) is 6.54 Å². The zero-order valence-electron chi connectivity index (χ0n) is 12.8. The van der Waals surface area contributed by atoms with E-state index in [1.807, 2.05) is 32.0 Å². The highest BCUT2D eigenvalue weighted by Crippen LogP contribution is 2.20. The minimum Gasteiger partial charge on any atom is -0.351 e. The summed E-state index contributed by atoms with van der Waals surface area (Å²) in [7, 11) is 0. The number of nitrogens with one attached hydrogen (secondary N) is 2. The monoisotopic (exact) mass is 301 g/mol. The average Bonchev–Trinajstić information content (AvgIpc) is 2.52. The number of pyridine rings is 1. The Hall–Kier alpha value is -2.27. The van der Waals surface area contributed by atoms with Crippen LogP contribution >= 0.6 is 0 Å². The predicted octanol–water partition coefficient (Wildman–Crippen LogP) is 2.36. The Labute approximate surface area is 129 Å². The molecule has 0 radical (unpaired) electrons. The fourth-order valence-electron chi connectivity index (χ4n) is 2.05. The van der Waals surface area contributed by atoms with Crippen LogP contribution in [0, 0.1) is 5.82 Å². The van der Waals surface area contributed by atoms with Gasteiger partial charge in [0.15, 0.2) is 0 Å². The van der Waals surface area contributed by atoms with Crippen LogP contribution in [-0.4, -0.2) is 17.4 Å². The van der Waals surface area contributed by atoms with E-state index in [1.54, 1.807) is 18.5 Å². The van der Waals surface area contributed by atoms with Crippen molar-refractivity contribution < 1.29 is 9.18 Å². The Morgan fingerprint density at radius 3 is 2.77 bits per heavy atom. The number of amides is 1. The van der Waals surface area contributed by atoms with Crippen LogP contribution in [-0.2, 0) is 16.9 Å². The van der Waals surface area contributed by atoms with Crippen molar-refractivity contribution in [2.75, 3.05) is 6.54 Å². The highest BCUT2D eigenvalue weighted by Gasteiger charge is 2.21. The van der Waals surface area contributed by atoms with Crippen molar-refractivity contribution in [3.05, 3.63) is 65.7 Å². The standard InChI is InChI=1S/C17H20FN3O/c1-17(2,14-6-3-7-15(18)9-14)21-12-16(22)20-11-13-5-4-8-19-10-13/h3-10,21H,11-12H2,1-2H3,(H,20,22). The summed E-state index contributed by atoms with van der Waals surface area (Å²) in [6.07, 6.45) is 3.40. The molecule has 1 aromatic carbocycles. The molecule has 5 heteroatoms. The minimum atomic E-state index is -0.492. The van der Waals surface area contributed by atoms with E-state index in [0.717, 1.165) is 11.1 Å². The Kier molecular flexibility index (Phi) is 5.22. The highest BCUT2D eigenvalue weighted by molar-refractivity contribution is 5.78. The van der Waals surface area contributed by atoms with E-state index in [2.05, 4.69) is 15.6 Å². The summed E-state index contributed by atoms with van der Waals surface area (Å²) in [6.45, 7) is 4.42. The Morgan fingerprint density at radius 2 is 2.09 bits per heavy atom. The third kappa shape index (κ3) is 4.63. The maximum atomic E-state index is 13.3. The molecule has 1 aromatic heterocycles. The minimum absolute atomic E-state index is 0.117. The highest BCUT2D eigenvalue weighted by atomic mass is 19.1. The number of hydrogen-bond donors (Lipinski definition) is 2. The number of carbonyl (C=O) groups is 1. The topological polar surface area (TPSA) is 54.0 Å². The number of halogens is 1. The molecule has 0 aliphatic carbocycles. The van der Waals surface area contributed by atoms with Gasteiger partial charge >= 0.3 is 0 Å². The van der Waals surface area contributed by atoms with Crippen LogP contribution < -0.4 is 10.6 Å². The summed E-state index contributed by atoms with van der Waals surface area (Å²) in [6, 6.07) is 10.1. The Balaban J connectivity index is 1.85. The second-order valence-electron chi connectivity index (χ2n) is 5.63. The predicted molar refractivity (Wildman–Crippen MR) is 83.5 cm³/mol. The fourth-order valence-corrected chi connectivity index (χ4v) is 2.05. The molecule has 0 bridgehead atoms. The van der Waals surface area contributed by atoms with Crippen molar-refractivity contribution in [2.45, 2.75) is 25.9 Å². The van der Waals surface area contributed by atoms with Gasteiger partial charge in [0.1, 0.15) is 5.82 Å². The molecule has 0 unspecified atom stereocenters. The number of benzene rings is 1. The molecule has 2 aromatic rings. The van der Waals surface area contributed by atoms with E-state index in [9.17, 15) is 9.18 Å². The van der Waals surface area contributed by atoms with Gasteiger partial charge in [-0.2, -0.15) is 0 Å². The maximum Gasteiger partial charge on any atom is 0.234 e. The third-order valence-corrected chi connectivity index (χ3v) is 3.45. The maximum absolute atomic E-state index is 13.3. The van der Waals surface area contributed by atoms with E-state index >= 15 is 0 Å². The normalized spacial score (nSPS) is 11.2. The lowest BCUT2D eigenvalue weighted by Gasteiger charge is -2.26. The molecule has 4 nitrogen and oxygen atoms in total. The van der Waals surface area contributed by atoms with Crippen molar-refractivity contribution in [1.82, 2.24) is 15.6 Å².